The zero-order valence-corrected chi connectivity index (χ0v) is 12.3. The van der Waals surface area contributed by atoms with Crippen molar-refractivity contribution >= 4 is 34.7 Å². The van der Waals surface area contributed by atoms with Gasteiger partial charge in [-0.05, 0) is 24.3 Å². The maximum absolute atomic E-state index is 11.3. The molecule has 1 aliphatic rings. The molecule has 7 heteroatoms. The van der Waals surface area contributed by atoms with Crippen molar-refractivity contribution < 1.29 is 9.72 Å². The summed E-state index contributed by atoms with van der Waals surface area (Å²) in [6.07, 6.45) is 3.17. The van der Waals surface area contributed by atoms with Crippen molar-refractivity contribution in [3.05, 3.63) is 27.8 Å². The number of carbonyl (C=O) groups excluding carboxylic acids is 1. The predicted octanol–water partition coefficient (Wildman–Crippen LogP) is 2.64. The van der Waals surface area contributed by atoms with Gasteiger partial charge in [-0.25, -0.2) is 0 Å². The Labute approximate surface area is 121 Å². The van der Waals surface area contributed by atoms with Gasteiger partial charge in [0.25, 0.3) is 5.69 Å². The number of thioether (sulfide) groups is 1. The average Bonchev–Trinajstić information content (AvgIpc) is 2.76. The molecule has 108 valence electrons. The average molecular weight is 295 g/mol. The summed E-state index contributed by atoms with van der Waals surface area (Å²) in [5.74, 6) is -0.123. The minimum Gasteiger partial charge on any atom is -0.379 e. The fourth-order valence-corrected chi connectivity index (χ4v) is 2.44. The molecular formula is C13H17N3O3S. The molecule has 1 aliphatic heterocycles. The third-order valence-corrected chi connectivity index (χ3v) is 4.35. The molecule has 0 aromatic heterocycles. The lowest BCUT2D eigenvalue weighted by Crippen LogP contribution is -2.09. The van der Waals surface area contributed by atoms with Crippen LogP contribution < -0.4 is 10.6 Å². The number of anilines is 2. The summed E-state index contributed by atoms with van der Waals surface area (Å²) >= 11 is 1.76. The molecule has 2 N–H and O–H groups in total. The van der Waals surface area contributed by atoms with Crippen molar-refractivity contribution in [2.75, 3.05) is 23.4 Å². The molecule has 1 atom stereocenters. The van der Waals surface area contributed by atoms with E-state index in [1.54, 1.807) is 17.8 Å². The highest BCUT2D eigenvalue weighted by molar-refractivity contribution is 7.99. The number of rotatable bonds is 6. The van der Waals surface area contributed by atoms with Crippen LogP contribution in [-0.4, -0.2) is 28.9 Å². The Hall–Kier alpha value is -1.76. The fourth-order valence-electron chi connectivity index (χ4n) is 2.08. The monoisotopic (exact) mass is 295 g/mol. The number of benzene rings is 1. The first-order valence-electron chi connectivity index (χ1n) is 6.39. The van der Waals surface area contributed by atoms with Gasteiger partial charge in [0.05, 0.1) is 11.3 Å². The number of nitro groups is 1. The number of nitrogens with zero attached hydrogens (tertiary/aromatic N) is 1. The Morgan fingerprint density at radius 1 is 1.55 bits per heavy atom. The lowest BCUT2D eigenvalue weighted by molar-refractivity contribution is -0.384. The zero-order valence-electron chi connectivity index (χ0n) is 11.4. The van der Waals surface area contributed by atoms with E-state index in [0.29, 0.717) is 28.7 Å². The van der Waals surface area contributed by atoms with Crippen LogP contribution in [0.15, 0.2) is 12.1 Å². The van der Waals surface area contributed by atoms with E-state index in [4.69, 9.17) is 0 Å². The molecule has 0 bridgehead atoms. The molecule has 0 aliphatic carbocycles. The van der Waals surface area contributed by atoms with Crippen LogP contribution in [0.1, 0.15) is 18.9 Å². The Morgan fingerprint density at radius 2 is 2.30 bits per heavy atom. The summed E-state index contributed by atoms with van der Waals surface area (Å²) in [7, 11) is 0. The van der Waals surface area contributed by atoms with Crippen LogP contribution in [0.4, 0.5) is 17.1 Å². The second kappa shape index (κ2) is 6.13. The van der Waals surface area contributed by atoms with Crippen molar-refractivity contribution in [1.29, 1.82) is 0 Å². The van der Waals surface area contributed by atoms with Crippen LogP contribution in [0.3, 0.4) is 0 Å². The van der Waals surface area contributed by atoms with Crippen molar-refractivity contribution in [2.45, 2.75) is 25.0 Å². The Bertz CT molecular complexity index is 548. The van der Waals surface area contributed by atoms with E-state index in [9.17, 15) is 14.9 Å². The maximum Gasteiger partial charge on any atom is 0.292 e. The van der Waals surface area contributed by atoms with Crippen LogP contribution in [0.25, 0.3) is 0 Å². The molecule has 1 amide bonds. The second-order valence-electron chi connectivity index (χ2n) is 4.77. The summed E-state index contributed by atoms with van der Waals surface area (Å²) in [4.78, 5) is 22.0. The van der Waals surface area contributed by atoms with Gasteiger partial charge >= 0.3 is 0 Å². The number of nitrogens with one attached hydrogen (secondary N) is 2. The van der Waals surface area contributed by atoms with E-state index in [1.807, 2.05) is 6.26 Å². The minimum absolute atomic E-state index is 0.0251. The minimum atomic E-state index is -0.413. The van der Waals surface area contributed by atoms with Gasteiger partial charge in [-0.1, -0.05) is 6.92 Å². The normalized spacial score (nSPS) is 14.6. The van der Waals surface area contributed by atoms with Gasteiger partial charge in [-0.15, -0.1) is 0 Å². The molecule has 0 radical (unpaired) electrons. The number of hydrogen-bond donors (Lipinski definition) is 2. The maximum atomic E-state index is 11.3. The molecule has 0 saturated heterocycles. The van der Waals surface area contributed by atoms with E-state index >= 15 is 0 Å². The molecule has 1 unspecified atom stereocenters. The molecule has 6 nitrogen and oxygen atoms in total. The number of amides is 1. The highest BCUT2D eigenvalue weighted by atomic mass is 32.2. The smallest absolute Gasteiger partial charge is 0.292 e. The first-order valence-corrected chi connectivity index (χ1v) is 7.68. The Balaban J connectivity index is 2.17. The Kier molecular flexibility index (Phi) is 4.49. The van der Waals surface area contributed by atoms with Crippen molar-refractivity contribution in [2.24, 2.45) is 0 Å². The van der Waals surface area contributed by atoms with Gasteiger partial charge in [0.2, 0.25) is 5.91 Å². The largest absolute Gasteiger partial charge is 0.379 e. The lowest BCUT2D eigenvalue weighted by atomic mass is 10.1. The molecule has 0 fully saturated rings. The highest BCUT2D eigenvalue weighted by Crippen LogP contribution is 2.34. The summed E-state index contributed by atoms with van der Waals surface area (Å²) < 4.78 is 0. The van der Waals surface area contributed by atoms with Gasteiger partial charge < -0.3 is 10.6 Å². The quantitative estimate of drug-likeness (QED) is 0.622. The first-order chi connectivity index (χ1) is 9.51. The molecule has 1 heterocycles. The van der Waals surface area contributed by atoms with Crippen LogP contribution in [0.5, 0.6) is 0 Å². The molecular weight excluding hydrogens is 278 g/mol. The van der Waals surface area contributed by atoms with Crippen molar-refractivity contribution in [3.63, 3.8) is 0 Å². The number of fused-ring (bicyclic) bond motifs is 1. The van der Waals surface area contributed by atoms with Crippen LogP contribution >= 0.6 is 11.8 Å². The van der Waals surface area contributed by atoms with E-state index in [2.05, 4.69) is 17.6 Å². The molecule has 2 rings (SSSR count). The van der Waals surface area contributed by atoms with E-state index in [-0.39, 0.29) is 18.0 Å². The molecule has 1 aromatic carbocycles. The van der Waals surface area contributed by atoms with Gasteiger partial charge in [0, 0.05) is 23.5 Å². The predicted molar refractivity (Wildman–Crippen MR) is 81.5 cm³/mol. The SMILES string of the molecule is CSC(C)CCNc1cc2c(cc1[N+](=O)[O-])CC(=O)N2. The third-order valence-electron chi connectivity index (χ3n) is 3.31. The van der Waals surface area contributed by atoms with Crippen LogP contribution in [0, 0.1) is 10.1 Å². The zero-order chi connectivity index (χ0) is 14.7. The first kappa shape index (κ1) is 14.6. The number of hydrogen-bond acceptors (Lipinski definition) is 5. The molecule has 0 saturated carbocycles. The lowest BCUT2D eigenvalue weighted by Gasteiger charge is -2.11. The number of carbonyl (C=O) groups is 1. The number of nitro benzene ring substituents is 1. The van der Waals surface area contributed by atoms with E-state index in [1.165, 1.54) is 6.07 Å². The van der Waals surface area contributed by atoms with Crippen LogP contribution in [0.2, 0.25) is 0 Å². The molecule has 20 heavy (non-hydrogen) atoms. The molecule has 1 aromatic rings. The Morgan fingerprint density at radius 3 is 2.95 bits per heavy atom. The van der Waals surface area contributed by atoms with Gasteiger partial charge in [-0.3, -0.25) is 14.9 Å². The van der Waals surface area contributed by atoms with Gasteiger partial charge in [0.15, 0.2) is 0 Å². The fraction of sp³-hybridized carbons (Fsp3) is 0.462. The standard InChI is InChI=1S/C13H17N3O3S/c1-8(20-2)3-4-14-11-7-10-9(6-13(17)15-10)5-12(11)16(18)19/h5,7-8,14H,3-4,6H2,1-2H3,(H,15,17). The highest BCUT2D eigenvalue weighted by Gasteiger charge is 2.24. The molecule has 0 spiro atoms. The summed E-state index contributed by atoms with van der Waals surface area (Å²) in [6, 6.07) is 3.13. The van der Waals surface area contributed by atoms with E-state index < -0.39 is 4.92 Å². The summed E-state index contributed by atoms with van der Waals surface area (Å²) in [6.45, 7) is 2.78. The van der Waals surface area contributed by atoms with Crippen molar-refractivity contribution in [1.82, 2.24) is 0 Å². The van der Waals surface area contributed by atoms with Gasteiger partial charge in [0.1, 0.15) is 5.69 Å². The summed E-state index contributed by atoms with van der Waals surface area (Å²) in [5, 5.41) is 17.4. The summed E-state index contributed by atoms with van der Waals surface area (Å²) in [5.41, 5.74) is 1.84. The second-order valence-corrected chi connectivity index (χ2v) is 6.05. The van der Waals surface area contributed by atoms with Gasteiger partial charge in [-0.2, -0.15) is 11.8 Å². The van der Waals surface area contributed by atoms with Crippen molar-refractivity contribution in [3.8, 4) is 0 Å². The van der Waals surface area contributed by atoms with Crippen LogP contribution in [-0.2, 0) is 11.2 Å². The van der Waals surface area contributed by atoms with E-state index in [0.717, 1.165) is 6.42 Å². The third kappa shape index (κ3) is 3.22. The topological polar surface area (TPSA) is 84.3 Å².